The lowest BCUT2D eigenvalue weighted by Crippen LogP contribution is -2.07. The smallest absolute Gasteiger partial charge is 0.161 e. The normalized spacial score (nSPS) is 11.8. The predicted octanol–water partition coefficient (Wildman–Crippen LogP) is 17.7. The first-order chi connectivity index (χ1) is 38.7. The van der Waals surface area contributed by atoms with E-state index < -0.39 is 0 Å². The van der Waals surface area contributed by atoms with Crippen molar-refractivity contribution in [3.8, 4) is 62.7 Å². The van der Waals surface area contributed by atoms with E-state index in [4.69, 9.17) is 9.97 Å². The highest BCUT2D eigenvalue weighted by molar-refractivity contribution is 6.15. The summed E-state index contributed by atoms with van der Waals surface area (Å²) in [5, 5.41) is 20.8. The van der Waals surface area contributed by atoms with E-state index in [2.05, 4.69) is 243 Å². The molecule has 0 spiro atoms. The molecule has 0 radical (unpaired) electrons. The Labute approximate surface area is 447 Å². The SMILES string of the molecule is N#Cc1cc(-n2c3ccccc3c3cc(-n4c5ccccc5c5ccccc54)ccc32)c(-n2c3ccccc3c3cc(-n4c5ccccc5c5ccccc54)ccc32)cc1-c1nc(-c2ccccc2)cc(-c2ccccc2)n1. The summed E-state index contributed by atoms with van der Waals surface area (Å²) in [5.74, 6) is 0.465. The van der Waals surface area contributed by atoms with Gasteiger partial charge in [0.1, 0.15) is 0 Å². The van der Waals surface area contributed by atoms with E-state index in [0.717, 1.165) is 111 Å². The van der Waals surface area contributed by atoms with Gasteiger partial charge in [0.2, 0.25) is 0 Å². The van der Waals surface area contributed by atoms with Gasteiger partial charge in [-0.2, -0.15) is 5.26 Å². The summed E-state index contributed by atoms with van der Waals surface area (Å²) in [6.45, 7) is 0. The number of hydrogen-bond donors (Lipinski definition) is 0. The van der Waals surface area contributed by atoms with Crippen molar-refractivity contribution in [2.75, 3.05) is 0 Å². The minimum Gasteiger partial charge on any atom is -0.309 e. The second-order valence-electron chi connectivity index (χ2n) is 20.0. The highest BCUT2D eigenvalue weighted by atomic mass is 15.1. The van der Waals surface area contributed by atoms with Gasteiger partial charge in [-0.1, -0.05) is 170 Å². The van der Waals surface area contributed by atoms with Gasteiger partial charge < -0.3 is 18.3 Å². The Morgan fingerprint density at radius 3 is 0.987 bits per heavy atom. The van der Waals surface area contributed by atoms with Gasteiger partial charge in [-0.3, -0.25) is 0 Å². The average molecular weight is 994 g/mol. The van der Waals surface area contributed by atoms with Crippen molar-refractivity contribution >= 4 is 87.2 Å². The van der Waals surface area contributed by atoms with Crippen LogP contribution in [-0.2, 0) is 0 Å². The number of rotatable bonds is 7. The number of fused-ring (bicyclic) bond motifs is 12. The van der Waals surface area contributed by atoms with E-state index in [-0.39, 0.29) is 0 Å². The van der Waals surface area contributed by atoms with Crippen molar-refractivity contribution < 1.29 is 0 Å². The molecule has 16 aromatic rings. The van der Waals surface area contributed by atoms with Crippen LogP contribution in [0.4, 0.5) is 0 Å². The van der Waals surface area contributed by atoms with Crippen LogP contribution >= 0.6 is 0 Å². The standard InChI is InChI=1S/C71H43N7/c72-44-47-39-69(77-65-33-17-11-27-54(65)57-40-48(35-37-67(57)77)75-61-29-13-7-23-50(61)51-24-8-14-30-62(51)75)70(42-56(47)71-73-59(45-19-3-1-4-20-45)43-60(74-71)46-21-5-2-6-22-46)78-66-34-18-12-28-55(66)58-41-49(36-38-68(58)78)76-63-31-15-9-25-52(63)53-26-10-16-32-64(53)76/h1-43H. The third kappa shape index (κ3) is 6.51. The number of aromatic nitrogens is 6. The molecule has 11 aromatic carbocycles. The molecule has 0 saturated heterocycles. The fourth-order valence-electron chi connectivity index (χ4n) is 12.4. The predicted molar refractivity (Wildman–Crippen MR) is 320 cm³/mol. The molecule has 5 heterocycles. The van der Waals surface area contributed by atoms with E-state index in [1.165, 1.54) is 21.5 Å². The molecule has 5 aromatic heterocycles. The molecule has 0 aliphatic rings. The molecular weight excluding hydrogens is 951 g/mol. The zero-order valence-corrected chi connectivity index (χ0v) is 42.0. The Hall–Kier alpha value is -10.8. The molecule has 362 valence electrons. The first-order valence-electron chi connectivity index (χ1n) is 26.3. The monoisotopic (exact) mass is 993 g/mol. The Kier molecular flexibility index (Phi) is 9.56. The van der Waals surface area contributed by atoms with Crippen LogP contribution in [0, 0.1) is 11.3 Å². The maximum Gasteiger partial charge on any atom is 0.161 e. The Morgan fingerprint density at radius 2 is 0.603 bits per heavy atom. The van der Waals surface area contributed by atoms with Gasteiger partial charge in [0.05, 0.1) is 78.5 Å². The summed E-state index contributed by atoms with van der Waals surface area (Å²) in [6.07, 6.45) is 0. The molecule has 0 N–H and O–H groups in total. The van der Waals surface area contributed by atoms with E-state index in [0.29, 0.717) is 17.0 Å². The fraction of sp³-hybridized carbons (Fsp3) is 0. The van der Waals surface area contributed by atoms with Gasteiger partial charge in [-0.05, 0) is 91.0 Å². The number of para-hydroxylation sites is 6. The summed E-state index contributed by atoms with van der Waals surface area (Å²) in [4.78, 5) is 10.7. The number of nitrogens with zero attached hydrogens (tertiary/aromatic N) is 7. The summed E-state index contributed by atoms with van der Waals surface area (Å²) in [7, 11) is 0. The van der Waals surface area contributed by atoms with E-state index in [1.54, 1.807) is 0 Å². The molecule has 7 nitrogen and oxygen atoms in total. The van der Waals surface area contributed by atoms with Crippen LogP contribution in [0.25, 0.3) is 144 Å². The molecule has 78 heavy (non-hydrogen) atoms. The third-order valence-corrected chi connectivity index (χ3v) is 15.8. The van der Waals surface area contributed by atoms with Gasteiger partial charge in [0.25, 0.3) is 0 Å². The lowest BCUT2D eigenvalue weighted by Gasteiger charge is -2.20. The molecular formula is C71H43N7. The Bertz CT molecular complexity index is 5000. The van der Waals surface area contributed by atoms with Crippen molar-refractivity contribution in [2.45, 2.75) is 0 Å². The van der Waals surface area contributed by atoms with Gasteiger partial charge in [0.15, 0.2) is 5.82 Å². The maximum absolute atomic E-state index is 11.5. The third-order valence-electron chi connectivity index (χ3n) is 15.8. The lowest BCUT2D eigenvalue weighted by molar-refractivity contribution is 1.09. The quantitative estimate of drug-likeness (QED) is 0.160. The van der Waals surface area contributed by atoms with E-state index in [9.17, 15) is 5.26 Å². The second kappa shape index (κ2) is 17.1. The number of benzene rings is 11. The molecule has 0 bridgehead atoms. The van der Waals surface area contributed by atoms with Crippen molar-refractivity contribution in [1.82, 2.24) is 28.2 Å². The Morgan fingerprint density at radius 1 is 0.282 bits per heavy atom. The van der Waals surface area contributed by atoms with Crippen molar-refractivity contribution in [1.29, 1.82) is 5.26 Å². The largest absolute Gasteiger partial charge is 0.309 e. The molecule has 16 rings (SSSR count). The highest BCUT2D eigenvalue weighted by Gasteiger charge is 2.25. The van der Waals surface area contributed by atoms with Crippen molar-refractivity contribution in [3.05, 3.63) is 266 Å². The summed E-state index contributed by atoms with van der Waals surface area (Å²) in [5.41, 5.74) is 17.1. The van der Waals surface area contributed by atoms with Gasteiger partial charge in [0, 0.05) is 71.2 Å². The molecule has 7 heteroatoms. The van der Waals surface area contributed by atoms with Crippen LogP contribution in [0.2, 0.25) is 0 Å². The van der Waals surface area contributed by atoms with Crippen LogP contribution in [0.3, 0.4) is 0 Å². The summed E-state index contributed by atoms with van der Waals surface area (Å²) < 4.78 is 9.49. The Balaban J connectivity index is 0.999. The summed E-state index contributed by atoms with van der Waals surface area (Å²) >= 11 is 0. The van der Waals surface area contributed by atoms with E-state index in [1.807, 2.05) is 42.5 Å². The van der Waals surface area contributed by atoms with Crippen LogP contribution in [0.5, 0.6) is 0 Å². The molecule has 0 unspecified atom stereocenters. The number of hydrogen-bond acceptors (Lipinski definition) is 3. The molecule has 0 amide bonds. The molecule has 0 saturated carbocycles. The molecule has 0 aliphatic heterocycles. The first kappa shape index (κ1) is 43.6. The zero-order valence-electron chi connectivity index (χ0n) is 42.0. The molecule has 0 aliphatic carbocycles. The zero-order chi connectivity index (χ0) is 51.4. The minimum atomic E-state index is 0.459. The van der Waals surface area contributed by atoms with Crippen LogP contribution in [0.1, 0.15) is 5.56 Å². The van der Waals surface area contributed by atoms with Gasteiger partial charge in [-0.15, -0.1) is 0 Å². The fourth-order valence-corrected chi connectivity index (χ4v) is 12.4. The van der Waals surface area contributed by atoms with Crippen LogP contribution in [0.15, 0.2) is 261 Å². The first-order valence-corrected chi connectivity index (χ1v) is 26.3. The maximum atomic E-state index is 11.5. The number of nitriles is 1. The topological polar surface area (TPSA) is 69.3 Å². The van der Waals surface area contributed by atoms with Crippen LogP contribution in [-0.4, -0.2) is 28.2 Å². The highest BCUT2D eigenvalue weighted by Crippen LogP contribution is 2.44. The minimum absolute atomic E-state index is 0.459. The van der Waals surface area contributed by atoms with Gasteiger partial charge >= 0.3 is 0 Å². The average Bonchev–Trinajstić information content (AvgIpc) is 4.44. The second-order valence-corrected chi connectivity index (χ2v) is 20.0. The van der Waals surface area contributed by atoms with Gasteiger partial charge in [-0.25, -0.2) is 9.97 Å². The van der Waals surface area contributed by atoms with E-state index >= 15 is 0 Å². The summed E-state index contributed by atoms with van der Waals surface area (Å²) in [6, 6.07) is 94.9. The van der Waals surface area contributed by atoms with Crippen molar-refractivity contribution in [2.24, 2.45) is 0 Å². The lowest BCUT2D eigenvalue weighted by atomic mass is 10.0. The van der Waals surface area contributed by atoms with Crippen molar-refractivity contribution in [3.63, 3.8) is 0 Å². The molecule has 0 atom stereocenters. The molecule has 0 fully saturated rings. The van der Waals surface area contributed by atoms with Crippen LogP contribution < -0.4 is 0 Å².